The van der Waals surface area contributed by atoms with Crippen molar-refractivity contribution < 1.29 is 18.4 Å². The van der Waals surface area contributed by atoms with Crippen LogP contribution in [0.3, 0.4) is 0 Å². The quantitative estimate of drug-likeness (QED) is 0.542. The van der Waals surface area contributed by atoms with Gasteiger partial charge < -0.3 is 21.4 Å². The van der Waals surface area contributed by atoms with Crippen LogP contribution >= 0.6 is 0 Å². The number of aromatic nitrogens is 3. The fourth-order valence-electron chi connectivity index (χ4n) is 2.45. The molecule has 1 unspecified atom stereocenters. The number of alkyl halides is 2. The van der Waals surface area contributed by atoms with Gasteiger partial charge in [-0.15, -0.1) is 0 Å². The number of nitrogens with zero attached hydrogens (tertiary/aromatic N) is 2. The van der Waals surface area contributed by atoms with E-state index < -0.39 is 24.3 Å². The van der Waals surface area contributed by atoms with E-state index in [-0.39, 0.29) is 12.1 Å². The van der Waals surface area contributed by atoms with Gasteiger partial charge in [-0.2, -0.15) is 8.78 Å². The molecule has 0 saturated heterocycles. The summed E-state index contributed by atoms with van der Waals surface area (Å²) < 4.78 is 24.9. The summed E-state index contributed by atoms with van der Waals surface area (Å²) in [6, 6.07) is -0.498. The monoisotopic (exact) mass is 354 g/mol. The molecule has 10 heteroatoms. The maximum atomic E-state index is 12.5. The number of rotatable bonds is 9. The molecule has 0 aliphatic rings. The minimum absolute atomic E-state index is 0.175. The average Bonchev–Trinajstić information content (AvgIpc) is 3.01. The van der Waals surface area contributed by atoms with Gasteiger partial charge in [-0.05, 0) is 6.42 Å². The summed E-state index contributed by atoms with van der Waals surface area (Å²) in [5, 5.41) is 5.71. The Balaban J connectivity index is 2.16. The summed E-state index contributed by atoms with van der Waals surface area (Å²) in [5.41, 5.74) is 5.98. The Labute approximate surface area is 142 Å². The molecule has 0 aromatic carbocycles. The van der Waals surface area contributed by atoms with Gasteiger partial charge in [0, 0.05) is 18.8 Å². The minimum Gasteiger partial charge on any atom is -0.367 e. The molecule has 0 bridgehead atoms. The third kappa shape index (κ3) is 4.61. The SMILES string of the molecule is CCCCC(CNc1ncnc2[nH]cc(C(N)=O)c12)NC(=O)C(F)F. The van der Waals surface area contributed by atoms with Crippen molar-refractivity contribution in [2.75, 3.05) is 11.9 Å². The summed E-state index contributed by atoms with van der Waals surface area (Å²) in [4.78, 5) is 33.7. The van der Waals surface area contributed by atoms with Crippen LogP contribution in [0.2, 0.25) is 0 Å². The Morgan fingerprint density at radius 3 is 2.76 bits per heavy atom. The molecule has 2 amide bonds. The van der Waals surface area contributed by atoms with Crippen molar-refractivity contribution in [2.45, 2.75) is 38.7 Å². The predicted octanol–water partition coefficient (Wildman–Crippen LogP) is 1.41. The fourth-order valence-corrected chi connectivity index (χ4v) is 2.45. The second-order valence-corrected chi connectivity index (χ2v) is 5.54. The number of hydrogen-bond acceptors (Lipinski definition) is 5. The molecule has 0 spiro atoms. The number of anilines is 1. The molecular weight excluding hydrogens is 334 g/mol. The molecule has 2 heterocycles. The highest BCUT2D eigenvalue weighted by molar-refractivity contribution is 6.08. The van der Waals surface area contributed by atoms with Crippen LogP contribution in [0.5, 0.6) is 0 Å². The Bertz CT molecular complexity index is 749. The van der Waals surface area contributed by atoms with Gasteiger partial charge in [0.2, 0.25) is 0 Å². The van der Waals surface area contributed by atoms with Gasteiger partial charge in [-0.25, -0.2) is 9.97 Å². The van der Waals surface area contributed by atoms with Crippen molar-refractivity contribution in [1.29, 1.82) is 0 Å². The molecule has 0 aliphatic heterocycles. The number of carbonyl (C=O) groups is 2. The number of primary amides is 1. The molecule has 2 rings (SSSR count). The zero-order valence-electron chi connectivity index (χ0n) is 13.7. The first-order valence-electron chi connectivity index (χ1n) is 7.88. The second-order valence-electron chi connectivity index (χ2n) is 5.54. The summed E-state index contributed by atoms with van der Waals surface area (Å²) in [6.07, 6.45) is 1.83. The molecule has 25 heavy (non-hydrogen) atoms. The summed E-state index contributed by atoms with van der Waals surface area (Å²) in [5.74, 6) is -1.61. The number of hydrogen-bond donors (Lipinski definition) is 4. The normalized spacial score (nSPS) is 12.3. The standard InChI is InChI=1S/C15H20F2N6O2/c1-2-3-4-8(23-15(25)11(16)17)5-19-13-10-9(12(18)24)6-20-14(10)22-7-21-13/h6-8,11H,2-5H2,1H3,(H2,18,24)(H,23,25)(H2,19,20,21,22). The Morgan fingerprint density at radius 1 is 1.36 bits per heavy atom. The van der Waals surface area contributed by atoms with Gasteiger partial charge in [-0.3, -0.25) is 9.59 Å². The number of amides is 2. The Kier molecular flexibility index (Phi) is 6.20. The highest BCUT2D eigenvalue weighted by Gasteiger charge is 2.20. The Hall–Kier alpha value is -2.78. The predicted molar refractivity (Wildman–Crippen MR) is 88.4 cm³/mol. The third-order valence-electron chi connectivity index (χ3n) is 3.70. The lowest BCUT2D eigenvalue weighted by atomic mass is 10.1. The van der Waals surface area contributed by atoms with Crippen LogP contribution < -0.4 is 16.4 Å². The molecular formula is C15H20F2N6O2. The van der Waals surface area contributed by atoms with Crippen LogP contribution in [0.1, 0.15) is 36.5 Å². The first-order chi connectivity index (χ1) is 11.9. The molecule has 8 nitrogen and oxygen atoms in total. The first kappa shape index (κ1) is 18.6. The third-order valence-corrected chi connectivity index (χ3v) is 3.70. The summed E-state index contributed by atoms with van der Waals surface area (Å²) in [7, 11) is 0. The van der Waals surface area contributed by atoms with Crippen molar-refractivity contribution in [2.24, 2.45) is 5.73 Å². The van der Waals surface area contributed by atoms with Gasteiger partial charge in [0.25, 0.3) is 11.8 Å². The number of H-pyrrole nitrogens is 1. The molecule has 5 N–H and O–H groups in total. The maximum Gasteiger partial charge on any atom is 0.315 e. The van der Waals surface area contributed by atoms with E-state index in [1.54, 1.807) is 0 Å². The maximum absolute atomic E-state index is 12.5. The van der Waals surface area contributed by atoms with Crippen molar-refractivity contribution in [3.8, 4) is 0 Å². The number of carbonyl (C=O) groups excluding carboxylic acids is 2. The van der Waals surface area contributed by atoms with E-state index in [0.29, 0.717) is 23.3 Å². The lowest BCUT2D eigenvalue weighted by Crippen LogP contribution is -2.42. The van der Waals surface area contributed by atoms with Crippen molar-refractivity contribution in [3.05, 3.63) is 18.1 Å². The van der Waals surface area contributed by atoms with Crippen molar-refractivity contribution in [3.63, 3.8) is 0 Å². The summed E-state index contributed by atoms with van der Waals surface area (Å²) >= 11 is 0. The smallest absolute Gasteiger partial charge is 0.315 e. The van der Waals surface area contributed by atoms with E-state index in [1.807, 2.05) is 6.92 Å². The van der Waals surface area contributed by atoms with Gasteiger partial charge in [0.15, 0.2) is 0 Å². The first-order valence-corrected chi connectivity index (χ1v) is 7.88. The van der Waals surface area contributed by atoms with Gasteiger partial charge in [0.1, 0.15) is 17.8 Å². The zero-order valence-corrected chi connectivity index (χ0v) is 13.7. The van der Waals surface area contributed by atoms with Gasteiger partial charge in [0.05, 0.1) is 10.9 Å². The highest BCUT2D eigenvalue weighted by atomic mass is 19.3. The molecule has 0 aliphatic carbocycles. The fraction of sp³-hybridized carbons (Fsp3) is 0.467. The molecule has 1 atom stereocenters. The van der Waals surface area contributed by atoms with Crippen LogP contribution in [-0.2, 0) is 4.79 Å². The highest BCUT2D eigenvalue weighted by Crippen LogP contribution is 2.23. The number of unbranched alkanes of at least 4 members (excludes halogenated alkanes) is 1. The number of nitrogens with two attached hydrogens (primary N) is 1. The summed E-state index contributed by atoms with van der Waals surface area (Å²) in [6.45, 7) is 2.14. The van der Waals surface area contributed by atoms with E-state index in [1.165, 1.54) is 12.5 Å². The van der Waals surface area contributed by atoms with Crippen LogP contribution in [-0.4, -0.2) is 45.8 Å². The van der Waals surface area contributed by atoms with Crippen molar-refractivity contribution in [1.82, 2.24) is 20.3 Å². The number of nitrogens with one attached hydrogen (secondary N) is 3. The average molecular weight is 354 g/mol. The second kappa shape index (κ2) is 8.36. The topological polar surface area (TPSA) is 126 Å². The lowest BCUT2D eigenvalue weighted by Gasteiger charge is -2.19. The van der Waals surface area contributed by atoms with E-state index >= 15 is 0 Å². The van der Waals surface area contributed by atoms with Gasteiger partial charge in [-0.1, -0.05) is 19.8 Å². The number of halogens is 2. The van der Waals surface area contributed by atoms with Crippen LogP contribution in [0.15, 0.2) is 12.5 Å². The minimum atomic E-state index is -3.07. The van der Waals surface area contributed by atoms with Crippen LogP contribution in [0, 0.1) is 0 Å². The van der Waals surface area contributed by atoms with E-state index in [2.05, 4.69) is 25.6 Å². The van der Waals surface area contributed by atoms with Gasteiger partial charge >= 0.3 is 6.43 Å². The number of fused-ring (bicyclic) bond motifs is 1. The Morgan fingerprint density at radius 2 is 2.12 bits per heavy atom. The van der Waals surface area contributed by atoms with Crippen molar-refractivity contribution >= 4 is 28.7 Å². The van der Waals surface area contributed by atoms with Crippen LogP contribution in [0.4, 0.5) is 14.6 Å². The largest absolute Gasteiger partial charge is 0.367 e. The molecule has 136 valence electrons. The zero-order chi connectivity index (χ0) is 18.4. The molecule has 2 aromatic rings. The molecule has 0 fully saturated rings. The lowest BCUT2D eigenvalue weighted by molar-refractivity contribution is -0.132. The molecule has 0 radical (unpaired) electrons. The number of aromatic amines is 1. The van der Waals surface area contributed by atoms with E-state index in [4.69, 9.17) is 5.73 Å². The van der Waals surface area contributed by atoms with Crippen LogP contribution in [0.25, 0.3) is 11.0 Å². The molecule has 0 saturated carbocycles. The van der Waals surface area contributed by atoms with E-state index in [0.717, 1.165) is 12.8 Å². The molecule has 2 aromatic heterocycles. The van der Waals surface area contributed by atoms with E-state index in [9.17, 15) is 18.4 Å².